The van der Waals surface area contributed by atoms with E-state index >= 15 is 0 Å². The minimum Gasteiger partial charge on any atom is -0.374 e. The molecule has 0 aromatic heterocycles. The molecule has 0 fully saturated rings. The molecule has 2 heteroatoms. The molecule has 1 aromatic carbocycles. The summed E-state index contributed by atoms with van der Waals surface area (Å²) >= 11 is 0. The second-order valence-electron chi connectivity index (χ2n) is 5.34. The molecule has 2 N–H and O–H groups in total. The van der Waals surface area contributed by atoms with E-state index < -0.39 is 0 Å². The van der Waals surface area contributed by atoms with Crippen LogP contribution in [-0.2, 0) is 11.2 Å². The Labute approximate surface area is 105 Å². The zero-order chi connectivity index (χ0) is 13.1. The van der Waals surface area contributed by atoms with Crippen LogP contribution in [0.5, 0.6) is 0 Å². The second kappa shape index (κ2) is 5.65. The van der Waals surface area contributed by atoms with Gasteiger partial charge in [-0.15, -0.1) is 0 Å². The van der Waals surface area contributed by atoms with Crippen molar-refractivity contribution in [1.82, 2.24) is 0 Å². The zero-order valence-corrected chi connectivity index (χ0v) is 11.7. The Kier molecular flexibility index (Phi) is 4.72. The van der Waals surface area contributed by atoms with Crippen molar-refractivity contribution >= 4 is 0 Å². The molecule has 1 unspecified atom stereocenters. The van der Waals surface area contributed by atoms with Crippen LogP contribution in [0.15, 0.2) is 18.2 Å². The SMILES string of the molecule is CCOC(C)(C)C(N)Cc1cc(C)cc(C)c1. The van der Waals surface area contributed by atoms with E-state index in [1.54, 1.807) is 0 Å². The van der Waals surface area contributed by atoms with Gasteiger partial charge in [-0.1, -0.05) is 29.3 Å². The summed E-state index contributed by atoms with van der Waals surface area (Å²) in [5.74, 6) is 0. The molecular formula is C15H25NO. The Morgan fingerprint density at radius 2 is 1.71 bits per heavy atom. The highest BCUT2D eigenvalue weighted by molar-refractivity contribution is 5.29. The van der Waals surface area contributed by atoms with E-state index in [4.69, 9.17) is 10.5 Å². The van der Waals surface area contributed by atoms with Crippen LogP contribution in [0.1, 0.15) is 37.5 Å². The first-order valence-electron chi connectivity index (χ1n) is 6.32. The van der Waals surface area contributed by atoms with Crippen LogP contribution < -0.4 is 5.73 Å². The number of nitrogens with two attached hydrogens (primary N) is 1. The molecule has 1 aromatic rings. The average molecular weight is 235 g/mol. The standard InChI is InChI=1S/C15H25NO/c1-6-17-15(4,5)14(16)10-13-8-11(2)7-12(3)9-13/h7-9,14H,6,10,16H2,1-5H3. The van der Waals surface area contributed by atoms with Gasteiger partial charge in [-0.2, -0.15) is 0 Å². The van der Waals surface area contributed by atoms with Gasteiger partial charge < -0.3 is 10.5 Å². The van der Waals surface area contributed by atoms with Crippen LogP contribution in [0.2, 0.25) is 0 Å². The molecule has 0 saturated heterocycles. The third-order valence-electron chi connectivity index (χ3n) is 3.15. The lowest BCUT2D eigenvalue weighted by Gasteiger charge is -2.31. The fourth-order valence-electron chi connectivity index (χ4n) is 2.17. The first kappa shape index (κ1) is 14.2. The number of ether oxygens (including phenoxy) is 1. The molecule has 2 nitrogen and oxygen atoms in total. The molecular weight excluding hydrogens is 210 g/mol. The largest absolute Gasteiger partial charge is 0.374 e. The molecule has 0 aliphatic heterocycles. The fourth-order valence-corrected chi connectivity index (χ4v) is 2.17. The van der Waals surface area contributed by atoms with Gasteiger partial charge in [-0.3, -0.25) is 0 Å². The quantitative estimate of drug-likeness (QED) is 0.851. The van der Waals surface area contributed by atoms with Crippen molar-refractivity contribution in [2.75, 3.05) is 6.61 Å². The van der Waals surface area contributed by atoms with Crippen LogP contribution in [0.4, 0.5) is 0 Å². The number of rotatable bonds is 5. The summed E-state index contributed by atoms with van der Waals surface area (Å²) in [4.78, 5) is 0. The number of hydrogen-bond donors (Lipinski definition) is 1. The summed E-state index contributed by atoms with van der Waals surface area (Å²) < 4.78 is 5.70. The van der Waals surface area contributed by atoms with E-state index in [0.29, 0.717) is 6.61 Å². The van der Waals surface area contributed by atoms with Gasteiger partial charge in [0.15, 0.2) is 0 Å². The Balaban J connectivity index is 2.76. The monoisotopic (exact) mass is 235 g/mol. The van der Waals surface area contributed by atoms with E-state index in [9.17, 15) is 0 Å². The molecule has 0 amide bonds. The van der Waals surface area contributed by atoms with E-state index in [1.165, 1.54) is 16.7 Å². The Morgan fingerprint density at radius 1 is 1.18 bits per heavy atom. The molecule has 0 spiro atoms. The Morgan fingerprint density at radius 3 is 2.18 bits per heavy atom. The van der Waals surface area contributed by atoms with Gasteiger partial charge in [0.25, 0.3) is 0 Å². The number of hydrogen-bond acceptors (Lipinski definition) is 2. The molecule has 0 saturated carbocycles. The molecule has 0 bridgehead atoms. The van der Waals surface area contributed by atoms with Gasteiger partial charge in [0.1, 0.15) is 0 Å². The molecule has 1 atom stereocenters. The lowest BCUT2D eigenvalue weighted by atomic mass is 9.92. The maximum Gasteiger partial charge on any atom is 0.0779 e. The highest BCUT2D eigenvalue weighted by Crippen LogP contribution is 2.18. The smallest absolute Gasteiger partial charge is 0.0779 e. The Bertz CT molecular complexity index is 351. The molecule has 0 aliphatic rings. The predicted octanol–water partition coefficient (Wildman–Crippen LogP) is 2.99. The summed E-state index contributed by atoms with van der Waals surface area (Å²) in [6.07, 6.45) is 0.857. The lowest BCUT2D eigenvalue weighted by Crippen LogP contribution is -2.46. The predicted molar refractivity (Wildman–Crippen MR) is 73.3 cm³/mol. The summed E-state index contributed by atoms with van der Waals surface area (Å²) in [5.41, 5.74) is 9.85. The molecule has 1 rings (SSSR count). The second-order valence-corrected chi connectivity index (χ2v) is 5.34. The van der Waals surface area contributed by atoms with Crippen molar-refractivity contribution in [1.29, 1.82) is 0 Å². The summed E-state index contributed by atoms with van der Waals surface area (Å²) in [6.45, 7) is 11.1. The number of benzene rings is 1. The van der Waals surface area contributed by atoms with Crippen LogP contribution in [-0.4, -0.2) is 18.2 Å². The van der Waals surface area contributed by atoms with Gasteiger partial charge in [0, 0.05) is 12.6 Å². The number of aryl methyl sites for hydroxylation is 2. The minimum atomic E-state index is -0.271. The van der Waals surface area contributed by atoms with Crippen LogP contribution in [0.25, 0.3) is 0 Å². The van der Waals surface area contributed by atoms with Crippen molar-refractivity contribution in [2.24, 2.45) is 5.73 Å². The van der Waals surface area contributed by atoms with Crippen LogP contribution in [0.3, 0.4) is 0 Å². The Hall–Kier alpha value is -0.860. The van der Waals surface area contributed by atoms with E-state index in [-0.39, 0.29) is 11.6 Å². The lowest BCUT2D eigenvalue weighted by molar-refractivity contribution is -0.0288. The van der Waals surface area contributed by atoms with E-state index in [2.05, 4.69) is 45.9 Å². The molecule has 0 radical (unpaired) electrons. The van der Waals surface area contributed by atoms with Crippen molar-refractivity contribution in [3.05, 3.63) is 34.9 Å². The third-order valence-corrected chi connectivity index (χ3v) is 3.15. The summed E-state index contributed by atoms with van der Waals surface area (Å²) in [5, 5.41) is 0. The van der Waals surface area contributed by atoms with E-state index in [1.807, 2.05) is 6.92 Å². The van der Waals surface area contributed by atoms with Crippen molar-refractivity contribution < 1.29 is 4.74 Å². The minimum absolute atomic E-state index is 0.0173. The molecule has 96 valence electrons. The van der Waals surface area contributed by atoms with Gasteiger partial charge in [0.2, 0.25) is 0 Å². The zero-order valence-electron chi connectivity index (χ0n) is 11.7. The topological polar surface area (TPSA) is 35.2 Å². The maximum atomic E-state index is 6.24. The third kappa shape index (κ3) is 4.14. The van der Waals surface area contributed by atoms with Gasteiger partial charge in [-0.25, -0.2) is 0 Å². The van der Waals surface area contributed by atoms with Gasteiger partial charge >= 0.3 is 0 Å². The maximum absolute atomic E-state index is 6.24. The molecule has 0 aliphatic carbocycles. The van der Waals surface area contributed by atoms with Crippen LogP contribution in [0, 0.1) is 13.8 Å². The normalized spacial score (nSPS) is 13.8. The summed E-state index contributed by atoms with van der Waals surface area (Å²) in [7, 11) is 0. The van der Waals surface area contributed by atoms with Crippen LogP contribution >= 0.6 is 0 Å². The van der Waals surface area contributed by atoms with Gasteiger partial charge in [0.05, 0.1) is 5.60 Å². The van der Waals surface area contributed by atoms with Crippen molar-refractivity contribution in [3.63, 3.8) is 0 Å². The average Bonchev–Trinajstić information content (AvgIpc) is 2.15. The fraction of sp³-hybridized carbons (Fsp3) is 0.600. The van der Waals surface area contributed by atoms with Crippen molar-refractivity contribution in [3.8, 4) is 0 Å². The molecule has 0 heterocycles. The van der Waals surface area contributed by atoms with Crippen molar-refractivity contribution in [2.45, 2.75) is 52.7 Å². The van der Waals surface area contributed by atoms with Gasteiger partial charge in [-0.05, 0) is 46.6 Å². The first-order chi connectivity index (χ1) is 7.85. The first-order valence-corrected chi connectivity index (χ1v) is 6.32. The molecule has 17 heavy (non-hydrogen) atoms. The summed E-state index contributed by atoms with van der Waals surface area (Å²) in [6, 6.07) is 6.61. The van der Waals surface area contributed by atoms with E-state index in [0.717, 1.165) is 6.42 Å². The highest BCUT2D eigenvalue weighted by atomic mass is 16.5. The highest BCUT2D eigenvalue weighted by Gasteiger charge is 2.26.